The Morgan fingerprint density at radius 2 is 2.25 bits per heavy atom. The minimum Gasteiger partial charge on any atom is -0.321 e. The van der Waals surface area contributed by atoms with Gasteiger partial charge in [-0.3, -0.25) is 4.79 Å². The fourth-order valence-electron chi connectivity index (χ4n) is 2.14. The summed E-state index contributed by atoms with van der Waals surface area (Å²) in [5.74, 6) is -0.190. The van der Waals surface area contributed by atoms with Crippen LogP contribution in [0.4, 0.5) is 5.69 Å². The van der Waals surface area contributed by atoms with Gasteiger partial charge in [-0.25, -0.2) is 4.98 Å². The number of benzene rings is 1. The van der Waals surface area contributed by atoms with Crippen LogP contribution in [0.5, 0.6) is 0 Å². The van der Waals surface area contributed by atoms with E-state index in [1.54, 1.807) is 23.5 Å². The number of thioether (sulfide) groups is 1. The highest BCUT2D eigenvalue weighted by Crippen LogP contribution is 2.34. The summed E-state index contributed by atoms with van der Waals surface area (Å²) in [5.41, 5.74) is 2.31. The van der Waals surface area contributed by atoms with Gasteiger partial charge in [-0.05, 0) is 31.5 Å². The molecule has 2 heterocycles. The van der Waals surface area contributed by atoms with Crippen molar-refractivity contribution >= 4 is 34.7 Å². The number of thiazole rings is 1. The van der Waals surface area contributed by atoms with Crippen molar-refractivity contribution in [3.63, 3.8) is 0 Å². The largest absolute Gasteiger partial charge is 0.321 e. The number of carbonyl (C=O) groups excluding carboxylic acids is 1. The minimum absolute atomic E-state index is 0.186. The Morgan fingerprint density at radius 1 is 1.42 bits per heavy atom. The number of amides is 1. The molecule has 6 nitrogen and oxygen atoms in total. The van der Waals surface area contributed by atoms with E-state index in [0.29, 0.717) is 5.69 Å². The van der Waals surface area contributed by atoms with Gasteiger partial charge in [0, 0.05) is 23.4 Å². The topological polar surface area (TPSA) is 72.7 Å². The number of rotatable bonds is 5. The van der Waals surface area contributed by atoms with Gasteiger partial charge in [0.15, 0.2) is 5.16 Å². The third-order valence-corrected chi connectivity index (χ3v) is 5.40. The van der Waals surface area contributed by atoms with E-state index in [4.69, 9.17) is 0 Å². The number of aryl methyl sites for hydroxylation is 2. The third kappa shape index (κ3) is 3.82. The van der Waals surface area contributed by atoms with Crippen molar-refractivity contribution in [1.29, 1.82) is 0 Å². The Hall–Kier alpha value is -2.19. The van der Waals surface area contributed by atoms with Crippen LogP contribution in [-0.4, -0.2) is 25.7 Å². The predicted molar refractivity (Wildman–Crippen MR) is 96.5 cm³/mol. The lowest BCUT2D eigenvalue weighted by Crippen LogP contribution is -2.12. The van der Waals surface area contributed by atoms with Crippen LogP contribution < -0.4 is 5.32 Å². The molecule has 0 fully saturated rings. The van der Waals surface area contributed by atoms with Gasteiger partial charge >= 0.3 is 0 Å². The summed E-state index contributed by atoms with van der Waals surface area (Å²) in [6.45, 7) is 3.98. The lowest BCUT2D eigenvalue weighted by Gasteiger charge is -2.12. The van der Waals surface area contributed by atoms with Crippen LogP contribution in [0.1, 0.15) is 33.2 Å². The van der Waals surface area contributed by atoms with Crippen LogP contribution in [0.25, 0.3) is 0 Å². The molecule has 8 heteroatoms. The van der Waals surface area contributed by atoms with Crippen LogP contribution in [0.15, 0.2) is 41.1 Å². The molecule has 0 aliphatic heterocycles. The molecule has 2 aromatic heterocycles. The lowest BCUT2D eigenvalue weighted by atomic mass is 10.1. The van der Waals surface area contributed by atoms with Gasteiger partial charge < -0.3 is 9.88 Å². The number of anilines is 1. The van der Waals surface area contributed by atoms with Crippen molar-refractivity contribution < 1.29 is 4.79 Å². The molecule has 124 valence electrons. The standard InChI is InChI=1S/C16H17N5OS2/c1-10(24-16-20-17-9-21(16)3)12-5-4-6-13(7-12)19-15(22)14-8-23-11(2)18-14/h4-10H,1-3H3,(H,19,22)/t10-/m0/s1. The Morgan fingerprint density at radius 3 is 2.92 bits per heavy atom. The molecular formula is C16H17N5OS2. The number of nitrogens with zero attached hydrogens (tertiary/aromatic N) is 4. The first-order valence-corrected chi connectivity index (χ1v) is 9.13. The van der Waals surface area contributed by atoms with Crippen molar-refractivity contribution in [2.75, 3.05) is 5.32 Å². The first-order valence-electron chi connectivity index (χ1n) is 7.37. The van der Waals surface area contributed by atoms with Gasteiger partial charge in [-0.1, -0.05) is 23.9 Å². The first-order chi connectivity index (χ1) is 11.5. The number of nitrogens with one attached hydrogen (secondary N) is 1. The first kappa shape index (κ1) is 16.7. The van der Waals surface area contributed by atoms with Crippen LogP contribution in [0.2, 0.25) is 0 Å². The average molecular weight is 359 g/mol. The van der Waals surface area contributed by atoms with Crippen LogP contribution in [-0.2, 0) is 7.05 Å². The van der Waals surface area contributed by atoms with Gasteiger partial charge in [-0.15, -0.1) is 21.5 Å². The van der Waals surface area contributed by atoms with E-state index in [9.17, 15) is 4.79 Å². The summed E-state index contributed by atoms with van der Waals surface area (Å²) < 4.78 is 1.89. The summed E-state index contributed by atoms with van der Waals surface area (Å²) in [7, 11) is 1.92. The van der Waals surface area contributed by atoms with Crippen molar-refractivity contribution in [2.24, 2.45) is 7.05 Å². The molecular weight excluding hydrogens is 342 g/mol. The molecule has 1 amide bonds. The van der Waals surface area contributed by atoms with E-state index >= 15 is 0 Å². The second-order valence-electron chi connectivity index (χ2n) is 5.32. The maximum atomic E-state index is 12.2. The van der Waals surface area contributed by atoms with Gasteiger partial charge in [0.2, 0.25) is 0 Å². The fourth-order valence-corrected chi connectivity index (χ4v) is 3.64. The molecule has 0 saturated carbocycles. The number of aromatic nitrogens is 4. The van der Waals surface area contributed by atoms with Crippen LogP contribution in [0, 0.1) is 6.92 Å². The van der Waals surface area contributed by atoms with Gasteiger partial charge in [0.1, 0.15) is 12.0 Å². The van der Waals surface area contributed by atoms with Crippen LogP contribution in [0.3, 0.4) is 0 Å². The van der Waals surface area contributed by atoms with Crippen LogP contribution >= 0.6 is 23.1 Å². The second kappa shape index (κ2) is 7.14. The van der Waals surface area contributed by atoms with E-state index in [0.717, 1.165) is 21.4 Å². The number of carbonyl (C=O) groups is 1. The summed E-state index contributed by atoms with van der Waals surface area (Å²) in [6, 6.07) is 7.83. The Balaban J connectivity index is 1.71. The zero-order chi connectivity index (χ0) is 17.1. The summed E-state index contributed by atoms with van der Waals surface area (Å²) >= 11 is 3.09. The molecule has 3 aromatic rings. The second-order valence-corrected chi connectivity index (χ2v) is 7.69. The maximum absolute atomic E-state index is 12.2. The molecule has 0 spiro atoms. The number of hydrogen-bond acceptors (Lipinski definition) is 6. The molecule has 0 bridgehead atoms. The van der Waals surface area contributed by atoms with Gasteiger partial charge in [0.05, 0.1) is 5.01 Å². The fraction of sp³-hybridized carbons (Fsp3) is 0.250. The normalized spacial score (nSPS) is 12.1. The molecule has 0 aliphatic carbocycles. The average Bonchev–Trinajstić information content (AvgIpc) is 3.17. The predicted octanol–water partition coefficient (Wildman–Crippen LogP) is 3.69. The summed E-state index contributed by atoms with van der Waals surface area (Å²) in [5, 5.41) is 14.6. The van der Waals surface area contributed by atoms with E-state index in [1.807, 2.05) is 42.8 Å². The zero-order valence-corrected chi connectivity index (χ0v) is 15.2. The maximum Gasteiger partial charge on any atom is 0.275 e. The van der Waals surface area contributed by atoms with E-state index in [1.165, 1.54) is 11.3 Å². The minimum atomic E-state index is -0.190. The molecule has 0 radical (unpaired) electrons. The highest BCUT2D eigenvalue weighted by atomic mass is 32.2. The highest BCUT2D eigenvalue weighted by molar-refractivity contribution is 7.99. The van der Waals surface area contributed by atoms with Crippen molar-refractivity contribution in [3.05, 3.63) is 52.2 Å². The van der Waals surface area contributed by atoms with E-state index in [2.05, 4.69) is 27.4 Å². The molecule has 24 heavy (non-hydrogen) atoms. The Bertz CT molecular complexity index is 858. The molecule has 3 rings (SSSR count). The van der Waals surface area contributed by atoms with E-state index < -0.39 is 0 Å². The smallest absolute Gasteiger partial charge is 0.275 e. The molecule has 1 atom stereocenters. The Labute approximate surface area is 148 Å². The number of hydrogen-bond donors (Lipinski definition) is 1. The molecule has 1 aromatic carbocycles. The SMILES string of the molecule is Cc1nc(C(=O)Nc2cccc([C@H](C)Sc3nncn3C)c2)cs1. The third-order valence-electron chi connectivity index (χ3n) is 3.42. The highest BCUT2D eigenvalue weighted by Gasteiger charge is 2.13. The molecule has 0 aliphatic rings. The lowest BCUT2D eigenvalue weighted by molar-refractivity contribution is 0.102. The zero-order valence-electron chi connectivity index (χ0n) is 13.6. The quantitative estimate of drug-likeness (QED) is 0.704. The molecule has 1 N–H and O–H groups in total. The van der Waals surface area contributed by atoms with Crippen molar-refractivity contribution in [1.82, 2.24) is 19.7 Å². The summed E-state index contributed by atoms with van der Waals surface area (Å²) in [4.78, 5) is 16.4. The van der Waals surface area contributed by atoms with Crippen molar-refractivity contribution in [2.45, 2.75) is 24.3 Å². The van der Waals surface area contributed by atoms with E-state index in [-0.39, 0.29) is 11.2 Å². The summed E-state index contributed by atoms with van der Waals surface area (Å²) in [6.07, 6.45) is 1.68. The van der Waals surface area contributed by atoms with Gasteiger partial charge in [-0.2, -0.15) is 0 Å². The van der Waals surface area contributed by atoms with Gasteiger partial charge in [0.25, 0.3) is 5.91 Å². The van der Waals surface area contributed by atoms with Crippen molar-refractivity contribution in [3.8, 4) is 0 Å². The Kier molecular flexibility index (Phi) is 4.96. The monoisotopic (exact) mass is 359 g/mol. The molecule has 0 saturated heterocycles. The molecule has 0 unspecified atom stereocenters.